The molecule has 0 spiro atoms. The number of carbonyl (C=O) groups excluding carboxylic acids is 1. The lowest BCUT2D eigenvalue weighted by Crippen LogP contribution is -2.30. The Balaban J connectivity index is 1.46. The fourth-order valence-electron chi connectivity index (χ4n) is 5.19. The number of nitrogens with zero attached hydrogens (tertiary/aromatic N) is 1. The molecule has 1 amide bonds. The second kappa shape index (κ2) is 9.99. The molecule has 2 aliphatic rings. The maximum atomic E-state index is 15.5. The average Bonchev–Trinajstić information content (AvgIpc) is 3.53. The third kappa shape index (κ3) is 5.26. The number of hydrogen-bond acceptors (Lipinski definition) is 5. The lowest BCUT2D eigenvalue weighted by atomic mass is 9.90. The molecule has 2 N–H and O–H groups in total. The molecule has 3 aromatic rings. The van der Waals surface area contributed by atoms with E-state index in [-0.39, 0.29) is 29.8 Å². The third-order valence-corrected chi connectivity index (χ3v) is 7.71. The minimum Gasteiger partial charge on any atom is -0.395 e. The highest BCUT2D eigenvalue weighted by Gasteiger charge is 2.53. The summed E-state index contributed by atoms with van der Waals surface area (Å²) in [5.41, 5.74) is 0.594. The SMILES string of the molecule is CC[C@H](O)Cn1c(C(C)(C)COC(C)C)cc2cc(NC(=O)C3(c4ccc5c(c4)OC(F)(F)O5)CC3)c(F)cc21. The first-order valence-corrected chi connectivity index (χ1v) is 13.6. The molecule has 2 aromatic carbocycles. The number of fused-ring (bicyclic) bond motifs is 2. The maximum absolute atomic E-state index is 15.5. The Hall–Kier alpha value is -3.24. The molecular weight excluding hydrogens is 525 g/mol. The van der Waals surface area contributed by atoms with Gasteiger partial charge in [0.2, 0.25) is 5.91 Å². The molecule has 10 heteroatoms. The van der Waals surface area contributed by atoms with Crippen LogP contribution in [0, 0.1) is 5.82 Å². The fraction of sp³-hybridized carbons (Fsp3) is 0.500. The zero-order valence-electron chi connectivity index (χ0n) is 23.3. The fourth-order valence-corrected chi connectivity index (χ4v) is 5.19. The van der Waals surface area contributed by atoms with E-state index in [2.05, 4.69) is 14.8 Å². The van der Waals surface area contributed by atoms with E-state index in [9.17, 15) is 18.7 Å². The predicted octanol–water partition coefficient (Wildman–Crippen LogP) is 6.25. The van der Waals surface area contributed by atoms with Gasteiger partial charge in [-0.25, -0.2) is 4.39 Å². The zero-order valence-corrected chi connectivity index (χ0v) is 23.3. The van der Waals surface area contributed by atoms with E-state index in [1.807, 2.05) is 45.3 Å². The Bertz CT molecular complexity index is 1440. The average molecular weight is 561 g/mol. The first-order chi connectivity index (χ1) is 18.7. The smallest absolute Gasteiger partial charge is 0.395 e. The van der Waals surface area contributed by atoms with Crippen molar-refractivity contribution >= 4 is 22.5 Å². The summed E-state index contributed by atoms with van der Waals surface area (Å²) in [5, 5.41) is 13.9. The van der Waals surface area contributed by atoms with Crippen LogP contribution in [0.3, 0.4) is 0 Å². The van der Waals surface area contributed by atoms with Crippen LogP contribution in [-0.2, 0) is 26.9 Å². The molecule has 1 fully saturated rings. The van der Waals surface area contributed by atoms with Crippen molar-refractivity contribution in [3.05, 3.63) is 53.5 Å². The summed E-state index contributed by atoms with van der Waals surface area (Å²) in [6.45, 7) is 10.6. The normalized spacial score (nSPS) is 17.9. The maximum Gasteiger partial charge on any atom is 0.586 e. The van der Waals surface area contributed by atoms with E-state index in [1.165, 1.54) is 18.2 Å². The summed E-state index contributed by atoms with van der Waals surface area (Å²) in [6.07, 6.45) is -2.83. The van der Waals surface area contributed by atoms with Crippen LogP contribution in [0.5, 0.6) is 11.5 Å². The van der Waals surface area contributed by atoms with Crippen molar-refractivity contribution in [3.63, 3.8) is 0 Å². The summed E-state index contributed by atoms with van der Waals surface area (Å²) in [7, 11) is 0. The van der Waals surface area contributed by atoms with Gasteiger partial charge in [0, 0.05) is 29.1 Å². The van der Waals surface area contributed by atoms with Crippen LogP contribution < -0.4 is 14.8 Å². The molecule has 0 saturated heterocycles. The van der Waals surface area contributed by atoms with Crippen molar-refractivity contribution in [1.82, 2.24) is 4.57 Å². The molecule has 7 nitrogen and oxygen atoms in total. The summed E-state index contributed by atoms with van der Waals surface area (Å²) < 4.78 is 59.3. The number of anilines is 1. The van der Waals surface area contributed by atoms with Gasteiger partial charge in [0.15, 0.2) is 11.5 Å². The van der Waals surface area contributed by atoms with Gasteiger partial charge in [-0.3, -0.25) is 4.79 Å². The lowest BCUT2D eigenvalue weighted by molar-refractivity contribution is -0.286. The summed E-state index contributed by atoms with van der Waals surface area (Å²) in [6, 6.07) is 9.21. The molecule has 1 aliphatic heterocycles. The molecule has 1 saturated carbocycles. The van der Waals surface area contributed by atoms with Crippen LogP contribution in [0.2, 0.25) is 0 Å². The first-order valence-electron chi connectivity index (χ1n) is 13.6. The number of rotatable bonds is 10. The lowest BCUT2D eigenvalue weighted by Gasteiger charge is -2.28. The van der Waals surface area contributed by atoms with Gasteiger partial charge in [0.05, 0.1) is 35.4 Å². The van der Waals surface area contributed by atoms with E-state index in [1.54, 1.807) is 12.1 Å². The Labute approximate surface area is 231 Å². The van der Waals surface area contributed by atoms with Crippen molar-refractivity contribution in [1.29, 1.82) is 0 Å². The highest BCUT2D eigenvalue weighted by Crippen LogP contribution is 2.52. The van der Waals surface area contributed by atoms with Crippen LogP contribution in [0.1, 0.15) is 65.1 Å². The number of aliphatic hydroxyl groups is 1. The van der Waals surface area contributed by atoms with Gasteiger partial charge >= 0.3 is 6.29 Å². The topological polar surface area (TPSA) is 82.0 Å². The highest BCUT2D eigenvalue weighted by molar-refractivity contribution is 6.02. The van der Waals surface area contributed by atoms with E-state index in [0.29, 0.717) is 42.3 Å². The number of nitrogens with one attached hydrogen (secondary N) is 1. The first kappa shape index (κ1) is 28.3. The van der Waals surface area contributed by atoms with Crippen LogP contribution in [0.25, 0.3) is 10.9 Å². The van der Waals surface area contributed by atoms with Crippen LogP contribution in [-0.4, -0.2) is 40.7 Å². The Morgan fingerprint density at radius 1 is 1.15 bits per heavy atom. The number of aromatic nitrogens is 1. The van der Waals surface area contributed by atoms with Crippen molar-refractivity contribution in [2.24, 2.45) is 0 Å². The molecule has 1 aromatic heterocycles. The monoisotopic (exact) mass is 560 g/mol. The third-order valence-electron chi connectivity index (χ3n) is 7.71. The second-order valence-corrected chi connectivity index (χ2v) is 11.7. The van der Waals surface area contributed by atoms with Gasteiger partial charge in [-0.1, -0.05) is 26.8 Å². The van der Waals surface area contributed by atoms with Gasteiger partial charge < -0.3 is 29.2 Å². The van der Waals surface area contributed by atoms with Crippen LogP contribution in [0.15, 0.2) is 36.4 Å². The molecule has 0 bridgehead atoms. The van der Waals surface area contributed by atoms with Crippen molar-refractivity contribution in [3.8, 4) is 11.5 Å². The van der Waals surface area contributed by atoms with Crippen LogP contribution in [0.4, 0.5) is 18.9 Å². The van der Waals surface area contributed by atoms with Gasteiger partial charge in [0.1, 0.15) is 5.82 Å². The molecule has 0 unspecified atom stereocenters. The van der Waals surface area contributed by atoms with Crippen molar-refractivity contribution < 1.29 is 37.3 Å². The number of amides is 1. The van der Waals surface area contributed by atoms with E-state index in [0.717, 1.165) is 5.69 Å². The minimum atomic E-state index is -3.75. The van der Waals surface area contributed by atoms with Gasteiger partial charge in [-0.05, 0) is 62.9 Å². The molecular formula is C30H35F3N2O5. The molecule has 5 rings (SSSR count). The summed E-state index contributed by atoms with van der Waals surface area (Å²) in [5.74, 6) is -1.28. The Morgan fingerprint density at radius 2 is 1.85 bits per heavy atom. The van der Waals surface area contributed by atoms with Crippen molar-refractivity contribution in [2.75, 3.05) is 11.9 Å². The molecule has 216 valence electrons. The van der Waals surface area contributed by atoms with Crippen LogP contribution >= 0.6 is 0 Å². The second-order valence-electron chi connectivity index (χ2n) is 11.7. The number of aliphatic hydroxyl groups excluding tert-OH is 1. The van der Waals surface area contributed by atoms with E-state index >= 15 is 4.39 Å². The van der Waals surface area contributed by atoms with Gasteiger partial charge in [0.25, 0.3) is 0 Å². The summed E-state index contributed by atoms with van der Waals surface area (Å²) in [4.78, 5) is 13.4. The highest BCUT2D eigenvalue weighted by atomic mass is 19.3. The number of halogens is 3. The van der Waals surface area contributed by atoms with Gasteiger partial charge in [-0.2, -0.15) is 0 Å². The molecule has 40 heavy (non-hydrogen) atoms. The number of benzene rings is 2. The quantitative estimate of drug-likeness (QED) is 0.307. The number of alkyl halides is 2. The summed E-state index contributed by atoms with van der Waals surface area (Å²) >= 11 is 0. The van der Waals surface area contributed by atoms with Crippen molar-refractivity contribution in [2.45, 2.75) is 89.8 Å². The Morgan fingerprint density at radius 3 is 2.50 bits per heavy atom. The number of carbonyl (C=O) groups is 1. The zero-order chi connectivity index (χ0) is 29.0. The largest absolute Gasteiger partial charge is 0.586 e. The minimum absolute atomic E-state index is 0.0204. The molecule has 1 atom stereocenters. The molecule has 2 heterocycles. The molecule has 1 aliphatic carbocycles. The standard InChI is InChI=1S/C30H35F3N2O5/c1-6-20(36)15-35-23-14-21(31)22(11-18(23)12-26(35)28(4,5)16-38-17(2)3)34-27(37)29(9-10-29)19-7-8-24-25(13-19)40-30(32,33)39-24/h7-8,11-14,17,20,36H,6,9-10,15-16H2,1-5H3,(H,34,37)/t20-/m0/s1. The van der Waals surface area contributed by atoms with E-state index < -0.39 is 35.0 Å². The van der Waals surface area contributed by atoms with Gasteiger partial charge in [-0.15, -0.1) is 8.78 Å². The van der Waals surface area contributed by atoms with E-state index in [4.69, 9.17) is 4.74 Å². The number of hydrogen-bond donors (Lipinski definition) is 2. The Kier molecular flexibility index (Phi) is 7.07. The number of ether oxygens (including phenoxy) is 3. The molecule has 0 radical (unpaired) electrons. The predicted molar refractivity (Wildman–Crippen MR) is 144 cm³/mol.